The van der Waals surface area contributed by atoms with E-state index in [1.54, 1.807) is 11.3 Å². The largest absolute Gasteiger partial charge is 0.306 e. The first-order valence-electron chi connectivity index (χ1n) is 6.75. The van der Waals surface area contributed by atoms with Crippen LogP contribution in [0.15, 0.2) is 35.7 Å². The zero-order chi connectivity index (χ0) is 13.7. The molecule has 0 aliphatic rings. The van der Waals surface area contributed by atoms with E-state index in [0.29, 0.717) is 0 Å². The van der Waals surface area contributed by atoms with E-state index in [2.05, 4.69) is 66.8 Å². The van der Waals surface area contributed by atoms with Crippen molar-refractivity contribution in [3.05, 3.63) is 52.0 Å². The van der Waals surface area contributed by atoms with Crippen molar-refractivity contribution in [3.8, 4) is 0 Å². The minimum absolute atomic E-state index is 0.132. The first-order valence-corrected chi connectivity index (χ1v) is 7.63. The number of aryl methyl sites for hydroxylation is 2. The van der Waals surface area contributed by atoms with E-state index in [0.717, 1.165) is 30.1 Å². The molecule has 1 N–H and O–H groups in total. The SMILES string of the molecule is Cc1nc(CNC(C)(C)CCc2ccccc2)cs1. The van der Waals surface area contributed by atoms with Crippen LogP contribution in [-0.2, 0) is 13.0 Å². The van der Waals surface area contributed by atoms with E-state index in [4.69, 9.17) is 0 Å². The Balaban J connectivity index is 1.81. The van der Waals surface area contributed by atoms with Gasteiger partial charge in [0, 0.05) is 17.5 Å². The zero-order valence-corrected chi connectivity index (χ0v) is 12.8. The molecule has 2 aromatic rings. The van der Waals surface area contributed by atoms with Gasteiger partial charge in [0.15, 0.2) is 0 Å². The third-order valence-corrected chi connectivity index (χ3v) is 4.12. The number of nitrogens with zero attached hydrogens (tertiary/aromatic N) is 1. The van der Waals surface area contributed by atoms with Gasteiger partial charge in [-0.1, -0.05) is 30.3 Å². The molecule has 0 saturated heterocycles. The van der Waals surface area contributed by atoms with Gasteiger partial charge < -0.3 is 5.32 Å². The van der Waals surface area contributed by atoms with E-state index >= 15 is 0 Å². The number of hydrogen-bond donors (Lipinski definition) is 1. The van der Waals surface area contributed by atoms with Crippen LogP contribution in [0.1, 0.15) is 36.5 Å². The topological polar surface area (TPSA) is 24.9 Å². The van der Waals surface area contributed by atoms with Crippen molar-refractivity contribution >= 4 is 11.3 Å². The summed E-state index contributed by atoms with van der Waals surface area (Å²) in [5.74, 6) is 0. The fourth-order valence-electron chi connectivity index (χ4n) is 2.01. The van der Waals surface area contributed by atoms with Crippen molar-refractivity contribution in [2.24, 2.45) is 0 Å². The summed E-state index contributed by atoms with van der Waals surface area (Å²) in [7, 11) is 0. The Hall–Kier alpha value is -1.19. The van der Waals surface area contributed by atoms with Crippen LogP contribution < -0.4 is 5.32 Å². The summed E-state index contributed by atoms with van der Waals surface area (Å²) in [5, 5.41) is 6.88. The van der Waals surface area contributed by atoms with Crippen LogP contribution in [-0.4, -0.2) is 10.5 Å². The maximum Gasteiger partial charge on any atom is 0.0897 e. The van der Waals surface area contributed by atoms with Gasteiger partial charge in [0.2, 0.25) is 0 Å². The summed E-state index contributed by atoms with van der Waals surface area (Å²) in [6.07, 6.45) is 2.23. The van der Waals surface area contributed by atoms with Crippen molar-refractivity contribution in [3.63, 3.8) is 0 Å². The van der Waals surface area contributed by atoms with E-state index in [1.807, 2.05) is 0 Å². The zero-order valence-electron chi connectivity index (χ0n) is 11.9. The summed E-state index contributed by atoms with van der Waals surface area (Å²) < 4.78 is 0. The maximum absolute atomic E-state index is 4.49. The Kier molecular flexibility index (Phi) is 4.72. The van der Waals surface area contributed by atoms with Crippen LogP contribution >= 0.6 is 11.3 Å². The predicted octanol–water partition coefficient (Wildman–Crippen LogP) is 3.95. The lowest BCUT2D eigenvalue weighted by molar-refractivity contribution is 0.358. The number of nitrogens with one attached hydrogen (secondary N) is 1. The highest BCUT2D eigenvalue weighted by Crippen LogP contribution is 2.15. The Bertz CT molecular complexity index is 502. The van der Waals surface area contributed by atoms with Gasteiger partial charge in [-0.3, -0.25) is 0 Å². The lowest BCUT2D eigenvalue weighted by atomic mass is 9.95. The fourth-order valence-corrected chi connectivity index (χ4v) is 2.62. The van der Waals surface area contributed by atoms with Crippen LogP contribution in [0.4, 0.5) is 0 Å². The Morgan fingerprint density at radius 2 is 1.95 bits per heavy atom. The molecule has 2 rings (SSSR count). The molecule has 1 aromatic carbocycles. The average Bonchev–Trinajstić information content (AvgIpc) is 2.82. The molecule has 0 atom stereocenters. The van der Waals surface area contributed by atoms with Gasteiger partial charge in [-0.15, -0.1) is 11.3 Å². The lowest BCUT2D eigenvalue weighted by Crippen LogP contribution is -2.39. The molecule has 0 fully saturated rings. The highest BCUT2D eigenvalue weighted by Gasteiger charge is 2.17. The molecule has 0 saturated carbocycles. The second kappa shape index (κ2) is 6.31. The van der Waals surface area contributed by atoms with E-state index in [1.165, 1.54) is 5.56 Å². The summed E-state index contributed by atoms with van der Waals surface area (Å²) in [6, 6.07) is 10.7. The average molecular weight is 274 g/mol. The first-order chi connectivity index (χ1) is 9.05. The van der Waals surface area contributed by atoms with Gasteiger partial charge in [0.1, 0.15) is 0 Å². The normalized spacial score (nSPS) is 11.7. The van der Waals surface area contributed by atoms with Crippen LogP contribution in [0.3, 0.4) is 0 Å². The first kappa shape index (κ1) is 14.2. The standard InChI is InChI=1S/C16H22N2S/c1-13-18-15(12-19-13)11-17-16(2,3)10-9-14-7-5-4-6-8-14/h4-8,12,17H,9-11H2,1-3H3. The maximum atomic E-state index is 4.49. The second-order valence-corrected chi connectivity index (χ2v) is 6.64. The molecule has 0 aliphatic heterocycles. The molecule has 102 valence electrons. The summed E-state index contributed by atoms with van der Waals surface area (Å²) in [5.41, 5.74) is 2.69. The molecule has 19 heavy (non-hydrogen) atoms. The minimum Gasteiger partial charge on any atom is -0.306 e. The summed E-state index contributed by atoms with van der Waals surface area (Å²) in [6.45, 7) is 7.42. The molecule has 1 heterocycles. The Labute approximate surface area is 119 Å². The molecule has 3 heteroatoms. The van der Waals surface area contributed by atoms with Crippen LogP contribution in [0.25, 0.3) is 0 Å². The van der Waals surface area contributed by atoms with Crippen molar-refractivity contribution in [2.75, 3.05) is 0 Å². The van der Waals surface area contributed by atoms with Gasteiger partial charge in [0.05, 0.1) is 10.7 Å². The number of rotatable bonds is 6. The molecule has 0 amide bonds. The molecule has 0 spiro atoms. The molecular weight excluding hydrogens is 252 g/mol. The third-order valence-electron chi connectivity index (χ3n) is 3.30. The molecule has 0 unspecified atom stereocenters. The van der Waals surface area contributed by atoms with Crippen molar-refractivity contribution in [1.29, 1.82) is 0 Å². The minimum atomic E-state index is 0.132. The van der Waals surface area contributed by atoms with E-state index in [9.17, 15) is 0 Å². The second-order valence-electron chi connectivity index (χ2n) is 5.58. The monoisotopic (exact) mass is 274 g/mol. The summed E-state index contributed by atoms with van der Waals surface area (Å²) in [4.78, 5) is 4.49. The summed E-state index contributed by atoms with van der Waals surface area (Å²) >= 11 is 1.71. The van der Waals surface area contributed by atoms with Gasteiger partial charge in [-0.05, 0) is 39.2 Å². The van der Waals surface area contributed by atoms with Crippen LogP contribution in [0, 0.1) is 6.92 Å². The highest BCUT2D eigenvalue weighted by molar-refractivity contribution is 7.09. The van der Waals surface area contributed by atoms with Crippen LogP contribution in [0.5, 0.6) is 0 Å². The molecular formula is C16H22N2S. The van der Waals surface area contributed by atoms with E-state index < -0.39 is 0 Å². The molecule has 0 bridgehead atoms. The highest BCUT2D eigenvalue weighted by atomic mass is 32.1. The van der Waals surface area contributed by atoms with Crippen molar-refractivity contribution < 1.29 is 0 Å². The van der Waals surface area contributed by atoms with Crippen LogP contribution in [0.2, 0.25) is 0 Å². The predicted molar refractivity (Wildman–Crippen MR) is 82.5 cm³/mol. The number of thiazole rings is 1. The smallest absolute Gasteiger partial charge is 0.0897 e. The molecule has 2 nitrogen and oxygen atoms in total. The van der Waals surface area contributed by atoms with Gasteiger partial charge in [-0.25, -0.2) is 4.98 Å². The number of aromatic nitrogens is 1. The van der Waals surface area contributed by atoms with Crippen molar-refractivity contribution in [2.45, 2.75) is 45.7 Å². The fraction of sp³-hybridized carbons (Fsp3) is 0.438. The Morgan fingerprint density at radius 3 is 2.58 bits per heavy atom. The number of benzene rings is 1. The molecule has 0 radical (unpaired) electrons. The van der Waals surface area contributed by atoms with Gasteiger partial charge in [0.25, 0.3) is 0 Å². The van der Waals surface area contributed by atoms with E-state index in [-0.39, 0.29) is 5.54 Å². The quantitative estimate of drug-likeness (QED) is 0.862. The Morgan fingerprint density at radius 1 is 1.21 bits per heavy atom. The van der Waals surface area contributed by atoms with Gasteiger partial charge in [-0.2, -0.15) is 0 Å². The van der Waals surface area contributed by atoms with Gasteiger partial charge >= 0.3 is 0 Å². The lowest BCUT2D eigenvalue weighted by Gasteiger charge is -2.26. The molecule has 1 aromatic heterocycles. The number of hydrogen-bond acceptors (Lipinski definition) is 3. The molecule has 0 aliphatic carbocycles. The third kappa shape index (κ3) is 4.77. The van der Waals surface area contributed by atoms with Crippen molar-refractivity contribution in [1.82, 2.24) is 10.3 Å².